The maximum Gasteiger partial charge on any atom is 0.412 e. The Balaban J connectivity index is 1.83. The Morgan fingerprint density at radius 1 is 0.982 bits per heavy atom. The number of allylic oxidation sites excluding steroid dienone is 1. The minimum Gasteiger partial charge on any atom is -0.346 e. The standard InChI is InChI=1S/C45H70F3N3O5/c1-11-12-19-37(39(52)24-33-27-43(7,8)51(56)44(9,10)28-33)49-41(54)35(30(4)5)26-40(53)38-20-16-21-50(38)42(55)34(23-32-17-14-13-15-18-32)25-36(45(46,47)48)31(6)22-29(2)3/h13-15,17-18,25,29-31,33-35,37-38,56H,11-12,16,19-24,26-28H2,1-10H3,(H,49,54)/b36-25-/t31-,34-,35-,37-,38-/m0/s1. The number of nitrogens with zero attached hydrogens (tertiary/aromatic N) is 2. The predicted octanol–water partition coefficient (Wildman–Crippen LogP) is 9.53. The lowest BCUT2D eigenvalue weighted by Crippen LogP contribution is -2.59. The van der Waals surface area contributed by atoms with E-state index < -0.39 is 58.6 Å². The normalized spacial score (nSPS) is 21.5. The Labute approximate surface area is 334 Å². The molecule has 1 aromatic rings. The summed E-state index contributed by atoms with van der Waals surface area (Å²) >= 11 is 0. The zero-order chi connectivity index (χ0) is 42.2. The molecule has 0 spiro atoms. The van der Waals surface area contributed by atoms with Gasteiger partial charge in [-0.15, -0.1) is 0 Å². The fourth-order valence-corrected chi connectivity index (χ4v) is 9.29. The molecule has 8 nitrogen and oxygen atoms in total. The summed E-state index contributed by atoms with van der Waals surface area (Å²) in [5, 5.41) is 15.2. The van der Waals surface area contributed by atoms with Crippen LogP contribution in [0.25, 0.3) is 0 Å². The molecule has 2 fully saturated rings. The summed E-state index contributed by atoms with van der Waals surface area (Å²) < 4.78 is 43.6. The van der Waals surface area contributed by atoms with Crippen molar-refractivity contribution < 1.29 is 37.6 Å². The number of likely N-dealkylation sites (tertiary alicyclic amines) is 1. The van der Waals surface area contributed by atoms with Gasteiger partial charge in [0.05, 0.1) is 18.0 Å². The molecule has 0 unspecified atom stereocenters. The summed E-state index contributed by atoms with van der Waals surface area (Å²) in [5.74, 6) is -4.18. The molecule has 0 saturated carbocycles. The first-order chi connectivity index (χ1) is 26.0. The van der Waals surface area contributed by atoms with E-state index in [0.29, 0.717) is 38.5 Å². The first kappa shape index (κ1) is 47.3. The van der Waals surface area contributed by atoms with Crippen LogP contribution in [0.2, 0.25) is 0 Å². The van der Waals surface area contributed by atoms with Gasteiger partial charge in [-0.1, -0.05) is 90.8 Å². The first-order valence-corrected chi connectivity index (χ1v) is 21.0. The first-order valence-electron chi connectivity index (χ1n) is 21.0. The van der Waals surface area contributed by atoms with E-state index in [1.165, 1.54) is 9.96 Å². The quantitative estimate of drug-likeness (QED) is 0.135. The van der Waals surface area contributed by atoms with Crippen molar-refractivity contribution in [1.29, 1.82) is 0 Å². The molecule has 2 saturated heterocycles. The number of ketones is 2. The van der Waals surface area contributed by atoms with Gasteiger partial charge in [0.25, 0.3) is 0 Å². The summed E-state index contributed by atoms with van der Waals surface area (Å²) in [6.45, 7) is 19.1. The zero-order valence-electron chi connectivity index (χ0n) is 35.7. The van der Waals surface area contributed by atoms with Gasteiger partial charge in [0.15, 0.2) is 11.6 Å². The number of hydrogen-bond donors (Lipinski definition) is 2. The lowest BCUT2D eigenvalue weighted by Gasteiger charge is -2.51. The number of nitrogens with one attached hydrogen (secondary N) is 1. The van der Waals surface area contributed by atoms with Crippen molar-refractivity contribution in [2.45, 2.75) is 169 Å². The van der Waals surface area contributed by atoms with Crippen LogP contribution in [0.4, 0.5) is 13.2 Å². The molecule has 0 bridgehead atoms. The van der Waals surface area contributed by atoms with Gasteiger partial charge in [-0.2, -0.15) is 18.2 Å². The third kappa shape index (κ3) is 13.0. The van der Waals surface area contributed by atoms with E-state index in [9.17, 15) is 37.6 Å². The van der Waals surface area contributed by atoms with Crippen LogP contribution in [0.1, 0.15) is 139 Å². The van der Waals surface area contributed by atoms with Gasteiger partial charge in [-0.05, 0) is 102 Å². The molecule has 2 aliphatic rings. The summed E-state index contributed by atoms with van der Waals surface area (Å²) in [4.78, 5) is 57.7. The second-order valence-electron chi connectivity index (χ2n) is 18.7. The molecule has 0 radical (unpaired) electrons. The number of hydrogen-bond acceptors (Lipinski definition) is 6. The van der Waals surface area contributed by atoms with Crippen molar-refractivity contribution in [3.8, 4) is 0 Å². The van der Waals surface area contributed by atoms with Crippen LogP contribution in [-0.2, 0) is 25.6 Å². The molecule has 11 heteroatoms. The minimum absolute atomic E-state index is 0.0239. The van der Waals surface area contributed by atoms with Crippen LogP contribution < -0.4 is 5.32 Å². The van der Waals surface area contributed by atoms with E-state index in [1.807, 2.05) is 68.4 Å². The number of rotatable bonds is 19. The van der Waals surface area contributed by atoms with Gasteiger partial charge < -0.3 is 15.4 Å². The number of Topliss-reactive ketones (excluding diaryl/α,β-unsaturated/α-hetero) is 2. The van der Waals surface area contributed by atoms with Crippen LogP contribution >= 0.6 is 0 Å². The van der Waals surface area contributed by atoms with E-state index in [-0.39, 0.29) is 61.0 Å². The lowest BCUT2D eigenvalue weighted by molar-refractivity contribution is -0.251. The number of piperidine rings is 1. The Bertz CT molecular complexity index is 1490. The molecule has 1 aromatic carbocycles. The van der Waals surface area contributed by atoms with Gasteiger partial charge in [0.1, 0.15) is 0 Å². The van der Waals surface area contributed by atoms with Crippen LogP contribution in [0, 0.1) is 35.5 Å². The summed E-state index contributed by atoms with van der Waals surface area (Å²) in [6, 6.07) is 7.38. The molecule has 2 amide bonds. The predicted molar refractivity (Wildman–Crippen MR) is 215 cm³/mol. The van der Waals surface area contributed by atoms with Gasteiger partial charge in [0, 0.05) is 42.0 Å². The molecule has 2 aliphatic heterocycles. The Morgan fingerprint density at radius 2 is 1.59 bits per heavy atom. The van der Waals surface area contributed by atoms with Crippen molar-refractivity contribution in [3.63, 3.8) is 0 Å². The largest absolute Gasteiger partial charge is 0.412 e. The Hall–Kier alpha value is -3.05. The SMILES string of the molecule is CCCC[C@H](NC(=O)[C@@H](CC(=O)[C@@H]1CCCN1C(=O)[C@H](/C=C(/[C@@H](C)CC(C)C)C(F)(F)F)Cc1ccccc1)C(C)C)C(=O)CC1CC(C)(C)N(O)C(C)(C)C1. The summed E-state index contributed by atoms with van der Waals surface area (Å²) in [5.41, 5.74) is -1.04. The Morgan fingerprint density at radius 3 is 2.12 bits per heavy atom. The average molecular weight is 790 g/mol. The Kier molecular flexibility index (Phi) is 17.0. The van der Waals surface area contributed by atoms with Crippen LogP contribution in [0.5, 0.6) is 0 Å². The maximum atomic E-state index is 14.5. The topological polar surface area (TPSA) is 107 Å². The average Bonchev–Trinajstić information content (AvgIpc) is 3.58. The molecule has 0 aromatic heterocycles. The highest BCUT2D eigenvalue weighted by Gasteiger charge is 2.46. The van der Waals surface area contributed by atoms with Crippen LogP contribution in [-0.4, -0.2) is 74.4 Å². The highest BCUT2D eigenvalue weighted by molar-refractivity contribution is 5.95. The van der Waals surface area contributed by atoms with Crippen molar-refractivity contribution in [1.82, 2.24) is 15.3 Å². The second-order valence-corrected chi connectivity index (χ2v) is 18.7. The zero-order valence-corrected chi connectivity index (χ0v) is 35.7. The second kappa shape index (κ2) is 20.1. The number of halogens is 3. The molecule has 316 valence electrons. The number of amides is 2. The van der Waals surface area contributed by atoms with Crippen molar-refractivity contribution in [2.24, 2.45) is 35.5 Å². The van der Waals surface area contributed by atoms with E-state index >= 15 is 0 Å². The van der Waals surface area contributed by atoms with E-state index in [4.69, 9.17) is 0 Å². The minimum atomic E-state index is -4.62. The molecule has 5 atom stereocenters. The third-order valence-electron chi connectivity index (χ3n) is 11.9. The van der Waals surface area contributed by atoms with E-state index in [2.05, 4.69) is 5.32 Å². The number of carbonyl (C=O) groups is 4. The number of alkyl halides is 3. The van der Waals surface area contributed by atoms with E-state index in [0.717, 1.165) is 24.5 Å². The van der Waals surface area contributed by atoms with Gasteiger partial charge in [0.2, 0.25) is 11.8 Å². The maximum absolute atomic E-state index is 14.5. The lowest BCUT2D eigenvalue weighted by atomic mass is 9.73. The molecule has 2 heterocycles. The molecular weight excluding hydrogens is 720 g/mol. The molecule has 2 N–H and O–H groups in total. The van der Waals surface area contributed by atoms with Crippen molar-refractivity contribution >= 4 is 23.4 Å². The smallest absolute Gasteiger partial charge is 0.346 e. The number of carbonyl (C=O) groups excluding carboxylic acids is 4. The molecule has 0 aliphatic carbocycles. The fourth-order valence-electron chi connectivity index (χ4n) is 9.29. The summed E-state index contributed by atoms with van der Waals surface area (Å²) in [6.07, 6.45) is 1.15. The number of benzene rings is 1. The number of hydroxylamine groups is 2. The highest BCUT2D eigenvalue weighted by atomic mass is 19.4. The van der Waals surface area contributed by atoms with Crippen molar-refractivity contribution in [2.75, 3.05) is 6.54 Å². The van der Waals surface area contributed by atoms with E-state index in [1.54, 1.807) is 31.2 Å². The van der Waals surface area contributed by atoms with Crippen molar-refractivity contribution in [3.05, 3.63) is 47.5 Å². The molecular formula is C45H70F3N3O5. The molecule has 3 rings (SSSR count). The monoisotopic (exact) mass is 790 g/mol. The molecule has 56 heavy (non-hydrogen) atoms. The number of unbranched alkanes of at least 4 members (excludes halogenated alkanes) is 1. The summed E-state index contributed by atoms with van der Waals surface area (Å²) in [7, 11) is 0. The van der Waals surface area contributed by atoms with Crippen LogP contribution in [0.15, 0.2) is 42.0 Å². The highest BCUT2D eigenvalue weighted by Crippen LogP contribution is 2.42. The van der Waals surface area contributed by atoms with Gasteiger partial charge in [-0.3, -0.25) is 19.2 Å². The third-order valence-corrected chi connectivity index (χ3v) is 11.9. The van der Waals surface area contributed by atoms with Crippen LogP contribution in [0.3, 0.4) is 0 Å². The van der Waals surface area contributed by atoms with Gasteiger partial charge in [-0.25, -0.2) is 0 Å². The fraction of sp³-hybridized carbons (Fsp3) is 0.733. The van der Waals surface area contributed by atoms with Gasteiger partial charge >= 0.3 is 6.18 Å².